The number of amides is 1. The lowest BCUT2D eigenvalue weighted by Crippen LogP contribution is -2.14. The highest BCUT2D eigenvalue weighted by Crippen LogP contribution is 2.28. The van der Waals surface area contributed by atoms with Gasteiger partial charge in [0.15, 0.2) is 11.9 Å². The Kier molecular flexibility index (Phi) is 5.35. The Morgan fingerprint density at radius 1 is 1.26 bits per heavy atom. The van der Waals surface area contributed by atoms with Gasteiger partial charge in [0.25, 0.3) is 11.8 Å². The molecule has 3 rings (SSSR count). The maximum Gasteiger partial charge on any atom is 0.267 e. The Balaban J connectivity index is 1.75. The highest BCUT2D eigenvalue weighted by molar-refractivity contribution is 5.95. The summed E-state index contributed by atoms with van der Waals surface area (Å²) in [6.45, 7) is 1.71. The molecule has 0 spiro atoms. The van der Waals surface area contributed by atoms with Crippen molar-refractivity contribution in [1.82, 2.24) is 10.1 Å². The number of methoxy groups -OCH3 is 1. The predicted molar refractivity (Wildman–Crippen MR) is 94.1 cm³/mol. The standard InChI is InChI=1S/C19H18FN3O4/c1-11(26-16-10-14(25-2)7-8-15(16)18(21)24)19-22-17(23-27-19)9-12-3-5-13(20)6-4-12/h3-8,10-11H,9H2,1-2H3,(H2,21,24)/t11-/m1/s1. The van der Waals surface area contributed by atoms with Crippen molar-refractivity contribution < 1.29 is 23.2 Å². The molecule has 0 aliphatic heterocycles. The molecule has 0 fully saturated rings. The van der Waals surface area contributed by atoms with Crippen LogP contribution in [-0.4, -0.2) is 23.2 Å². The first-order valence-corrected chi connectivity index (χ1v) is 8.17. The first-order valence-electron chi connectivity index (χ1n) is 8.17. The van der Waals surface area contributed by atoms with E-state index in [0.717, 1.165) is 5.56 Å². The topological polar surface area (TPSA) is 100 Å². The maximum absolute atomic E-state index is 13.0. The number of rotatable bonds is 7. The van der Waals surface area contributed by atoms with Crippen molar-refractivity contribution >= 4 is 5.91 Å². The van der Waals surface area contributed by atoms with Gasteiger partial charge in [-0.1, -0.05) is 17.3 Å². The number of hydrogen-bond donors (Lipinski definition) is 1. The van der Waals surface area contributed by atoms with Crippen LogP contribution in [0.5, 0.6) is 11.5 Å². The van der Waals surface area contributed by atoms with Crippen LogP contribution in [-0.2, 0) is 6.42 Å². The fourth-order valence-corrected chi connectivity index (χ4v) is 2.46. The second kappa shape index (κ2) is 7.86. The van der Waals surface area contributed by atoms with Crippen LogP contribution in [0.3, 0.4) is 0 Å². The highest BCUT2D eigenvalue weighted by Gasteiger charge is 2.19. The molecule has 0 radical (unpaired) electrons. The zero-order valence-electron chi connectivity index (χ0n) is 14.8. The first-order chi connectivity index (χ1) is 13.0. The van der Waals surface area contributed by atoms with Crippen molar-refractivity contribution in [1.29, 1.82) is 0 Å². The summed E-state index contributed by atoms with van der Waals surface area (Å²) in [6.07, 6.45) is -0.230. The van der Waals surface area contributed by atoms with Gasteiger partial charge >= 0.3 is 0 Å². The molecule has 0 aliphatic rings. The van der Waals surface area contributed by atoms with Crippen molar-refractivity contribution in [3.63, 3.8) is 0 Å². The van der Waals surface area contributed by atoms with E-state index in [1.54, 1.807) is 31.2 Å². The third kappa shape index (κ3) is 4.41. The van der Waals surface area contributed by atoms with Gasteiger partial charge in [-0.25, -0.2) is 4.39 Å². The van der Waals surface area contributed by atoms with Gasteiger partial charge in [-0.15, -0.1) is 0 Å². The van der Waals surface area contributed by atoms with Gasteiger partial charge in [-0.3, -0.25) is 4.79 Å². The summed E-state index contributed by atoms with van der Waals surface area (Å²) < 4.78 is 29.2. The minimum Gasteiger partial charge on any atom is -0.497 e. The number of carbonyl (C=O) groups is 1. The minimum atomic E-state index is -0.623. The third-order valence-electron chi connectivity index (χ3n) is 3.87. The molecule has 140 valence electrons. The van der Waals surface area contributed by atoms with E-state index in [2.05, 4.69) is 10.1 Å². The first kappa shape index (κ1) is 18.4. The fourth-order valence-electron chi connectivity index (χ4n) is 2.46. The van der Waals surface area contributed by atoms with Crippen LogP contribution in [0.15, 0.2) is 47.0 Å². The smallest absolute Gasteiger partial charge is 0.267 e. The number of halogens is 1. The summed E-state index contributed by atoms with van der Waals surface area (Å²) >= 11 is 0. The lowest BCUT2D eigenvalue weighted by atomic mass is 10.1. The van der Waals surface area contributed by atoms with Gasteiger partial charge in [0.2, 0.25) is 0 Å². The summed E-state index contributed by atoms with van der Waals surface area (Å²) in [5.41, 5.74) is 6.45. The Morgan fingerprint density at radius 3 is 2.67 bits per heavy atom. The van der Waals surface area contributed by atoms with Gasteiger partial charge in [-0.05, 0) is 36.8 Å². The quantitative estimate of drug-likeness (QED) is 0.685. The maximum atomic E-state index is 13.0. The molecule has 8 heteroatoms. The Morgan fingerprint density at radius 2 is 2.00 bits per heavy atom. The van der Waals surface area contributed by atoms with Gasteiger partial charge in [0, 0.05) is 12.5 Å². The minimum absolute atomic E-state index is 0.216. The van der Waals surface area contributed by atoms with Crippen molar-refractivity contribution in [3.05, 3.63) is 71.1 Å². The van der Waals surface area contributed by atoms with Crippen molar-refractivity contribution in [2.75, 3.05) is 7.11 Å². The SMILES string of the molecule is COc1ccc(C(N)=O)c(O[C@H](C)c2nc(Cc3ccc(F)cc3)no2)c1. The number of nitrogens with zero attached hydrogens (tertiary/aromatic N) is 2. The second-order valence-corrected chi connectivity index (χ2v) is 5.84. The largest absolute Gasteiger partial charge is 0.497 e. The number of primary amides is 1. The molecular weight excluding hydrogens is 353 g/mol. The molecular formula is C19H18FN3O4. The average molecular weight is 371 g/mol. The lowest BCUT2D eigenvalue weighted by Gasteiger charge is -2.14. The molecule has 2 aromatic carbocycles. The summed E-state index contributed by atoms with van der Waals surface area (Å²) in [7, 11) is 1.51. The number of aromatic nitrogens is 2. The van der Waals surface area contributed by atoms with Crippen molar-refractivity contribution in [2.24, 2.45) is 5.73 Å². The number of hydrogen-bond acceptors (Lipinski definition) is 6. The zero-order valence-corrected chi connectivity index (χ0v) is 14.8. The molecule has 7 nitrogen and oxygen atoms in total. The monoisotopic (exact) mass is 371 g/mol. The summed E-state index contributed by atoms with van der Waals surface area (Å²) in [6, 6.07) is 10.8. The van der Waals surface area contributed by atoms with Crippen LogP contribution in [0.2, 0.25) is 0 Å². The molecule has 1 heterocycles. The van der Waals surface area contributed by atoms with Gasteiger partial charge < -0.3 is 19.7 Å². The van der Waals surface area contributed by atoms with Crippen LogP contribution in [0.1, 0.15) is 40.7 Å². The molecule has 0 bridgehead atoms. The summed E-state index contributed by atoms with van der Waals surface area (Å²) in [4.78, 5) is 15.9. The number of ether oxygens (including phenoxy) is 2. The Bertz CT molecular complexity index is 940. The number of carbonyl (C=O) groups excluding carboxylic acids is 1. The van der Waals surface area contributed by atoms with E-state index >= 15 is 0 Å². The van der Waals surface area contributed by atoms with Crippen LogP contribution < -0.4 is 15.2 Å². The number of nitrogens with two attached hydrogens (primary N) is 1. The zero-order chi connectivity index (χ0) is 19.4. The predicted octanol–water partition coefficient (Wildman–Crippen LogP) is 3.05. The van der Waals surface area contributed by atoms with Crippen molar-refractivity contribution in [3.8, 4) is 11.5 Å². The fraction of sp³-hybridized carbons (Fsp3) is 0.211. The van der Waals surface area contributed by atoms with E-state index in [-0.39, 0.29) is 23.0 Å². The molecule has 0 saturated carbocycles. The van der Waals surface area contributed by atoms with Crippen molar-refractivity contribution in [2.45, 2.75) is 19.4 Å². The van der Waals surface area contributed by atoms with Crippen LogP contribution in [0.4, 0.5) is 4.39 Å². The van der Waals surface area contributed by atoms with Gasteiger partial charge in [0.1, 0.15) is 17.3 Å². The molecule has 1 aromatic heterocycles. The second-order valence-electron chi connectivity index (χ2n) is 5.84. The van der Waals surface area contributed by atoms with Gasteiger partial charge in [0.05, 0.1) is 12.7 Å². The summed E-state index contributed by atoms with van der Waals surface area (Å²) in [5.74, 6) is 0.524. The average Bonchev–Trinajstić information content (AvgIpc) is 3.12. The van der Waals surface area contributed by atoms with E-state index in [0.29, 0.717) is 18.0 Å². The summed E-state index contributed by atoms with van der Waals surface area (Å²) in [5, 5.41) is 3.91. The Labute approximate surface area is 154 Å². The molecule has 0 aliphatic carbocycles. The molecule has 0 saturated heterocycles. The number of benzene rings is 2. The molecule has 3 aromatic rings. The molecule has 2 N–H and O–H groups in total. The van der Waals surface area contributed by atoms with E-state index in [4.69, 9.17) is 19.7 Å². The van der Waals surface area contributed by atoms with Crippen LogP contribution >= 0.6 is 0 Å². The molecule has 27 heavy (non-hydrogen) atoms. The normalized spacial score (nSPS) is 11.8. The van der Waals surface area contributed by atoms with Crippen LogP contribution in [0, 0.1) is 5.82 Å². The van der Waals surface area contributed by atoms with E-state index in [9.17, 15) is 9.18 Å². The molecule has 0 unspecified atom stereocenters. The highest BCUT2D eigenvalue weighted by atomic mass is 19.1. The molecule has 1 amide bonds. The van der Waals surface area contributed by atoms with E-state index in [1.807, 2.05) is 0 Å². The van der Waals surface area contributed by atoms with Crippen LogP contribution in [0.25, 0.3) is 0 Å². The lowest BCUT2D eigenvalue weighted by molar-refractivity contribution is 0.0990. The molecule has 1 atom stereocenters. The third-order valence-corrected chi connectivity index (χ3v) is 3.87. The van der Waals surface area contributed by atoms with E-state index in [1.165, 1.54) is 25.3 Å². The Hall–Kier alpha value is -3.42. The van der Waals surface area contributed by atoms with E-state index < -0.39 is 12.0 Å². The van der Waals surface area contributed by atoms with Gasteiger partial charge in [-0.2, -0.15) is 4.98 Å².